The first-order valence-electron chi connectivity index (χ1n) is 12.3. The van der Waals surface area contributed by atoms with Crippen LogP contribution in [0.3, 0.4) is 0 Å². The second-order valence-electron chi connectivity index (χ2n) is 9.06. The van der Waals surface area contributed by atoms with Gasteiger partial charge in [0.15, 0.2) is 17.3 Å². The molecule has 0 amide bonds. The Morgan fingerprint density at radius 3 is 2.11 bits per heavy atom. The summed E-state index contributed by atoms with van der Waals surface area (Å²) in [5.41, 5.74) is 2.77. The molecule has 36 heavy (non-hydrogen) atoms. The van der Waals surface area contributed by atoms with Crippen molar-refractivity contribution in [1.29, 1.82) is 0 Å². The molecule has 2 aromatic carbocycles. The lowest BCUT2D eigenvalue weighted by molar-refractivity contribution is -0.149. The van der Waals surface area contributed by atoms with Gasteiger partial charge in [0, 0.05) is 5.92 Å². The van der Waals surface area contributed by atoms with Gasteiger partial charge in [-0.25, -0.2) is 0 Å². The smallest absolute Gasteiger partial charge is 0.323 e. The predicted molar refractivity (Wildman–Crippen MR) is 134 cm³/mol. The fraction of sp³-hybridized carbons (Fsp3) is 0.464. The van der Waals surface area contributed by atoms with E-state index in [-0.39, 0.29) is 25.2 Å². The van der Waals surface area contributed by atoms with Crippen molar-refractivity contribution in [2.24, 2.45) is 11.8 Å². The zero-order chi connectivity index (χ0) is 26.2. The largest absolute Gasteiger partial charge is 0.493 e. The molecular formula is C28H35NO7. The summed E-state index contributed by atoms with van der Waals surface area (Å²) in [4.78, 5) is 38.4. The molecule has 0 aromatic heterocycles. The summed E-state index contributed by atoms with van der Waals surface area (Å²) in [6.45, 7) is 3.65. The van der Waals surface area contributed by atoms with Crippen LogP contribution in [0.15, 0.2) is 42.5 Å². The number of esters is 1. The van der Waals surface area contributed by atoms with Gasteiger partial charge in [-0.15, -0.1) is 0 Å². The van der Waals surface area contributed by atoms with Gasteiger partial charge in [-0.3, -0.25) is 19.7 Å². The first-order valence-corrected chi connectivity index (χ1v) is 12.3. The van der Waals surface area contributed by atoms with Crippen LogP contribution in [0.25, 0.3) is 0 Å². The standard InChI is InChI=1S/C28H35NO7/c1-5-36-28(33)23(12-11-18-9-7-6-8-10-18)29-17(2)26(30)21-13-19-15-24(34-3)25(35-4)16-20(19)14-22(21)27(31)32/h6-10,15-17,21-23,29H,5,11-14H2,1-4H3,(H,31,32)/t17-,21+,22+,23-/m0/s1. The van der Waals surface area contributed by atoms with E-state index < -0.39 is 35.9 Å². The number of benzene rings is 2. The molecule has 0 spiro atoms. The van der Waals surface area contributed by atoms with Crippen molar-refractivity contribution in [2.75, 3.05) is 20.8 Å². The number of rotatable bonds is 12. The van der Waals surface area contributed by atoms with Crippen molar-refractivity contribution in [1.82, 2.24) is 5.32 Å². The van der Waals surface area contributed by atoms with E-state index in [1.165, 1.54) is 14.2 Å². The number of aliphatic carboxylic acids is 1. The van der Waals surface area contributed by atoms with Crippen LogP contribution in [0, 0.1) is 11.8 Å². The van der Waals surface area contributed by atoms with E-state index in [2.05, 4.69) is 5.32 Å². The third-order valence-corrected chi connectivity index (χ3v) is 6.77. The van der Waals surface area contributed by atoms with Crippen LogP contribution in [0.5, 0.6) is 11.5 Å². The first kappa shape index (κ1) is 27.2. The molecule has 0 heterocycles. The number of hydrogen-bond donors (Lipinski definition) is 2. The number of carboxylic acid groups (broad SMARTS) is 1. The van der Waals surface area contributed by atoms with E-state index in [9.17, 15) is 19.5 Å². The monoisotopic (exact) mass is 497 g/mol. The van der Waals surface area contributed by atoms with Crippen LogP contribution in [-0.2, 0) is 38.4 Å². The average molecular weight is 498 g/mol. The van der Waals surface area contributed by atoms with Gasteiger partial charge in [-0.05, 0) is 68.4 Å². The molecule has 2 N–H and O–H groups in total. The molecule has 0 fully saturated rings. The van der Waals surface area contributed by atoms with Gasteiger partial charge >= 0.3 is 11.9 Å². The van der Waals surface area contributed by atoms with E-state index in [0.29, 0.717) is 24.3 Å². The van der Waals surface area contributed by atoms with Crippen LogP contribution < -0.4 is 14.8 Å². The number of ketones is 1. The van der Waals surface area contributed by atoms with E-state index in [4.69, 9.17) is 14.2 Å². The number of carboxylic acids is 1. The van der Waals surface area contributed by atoms with Gasteiger partial charge in [0.1, 0.15) is 6.04 Å². The van der Waals surface area contributed by atoms with Crippen molar-refractivity contribution >= 4 is 17.7 Å². The van der Waals surface area contributed by atoms with Gasteiger partial charge in [0.25, 0.3) is 0 Å². The Labute approximate surface area is 211 Å². The second-order valence-corrected chi connectivity index (χ2v) is 9.06. The number of hydrogen-bond acceptors (Lipinski definition) is 7. The zero-order valence-corrected chi connectivity index (χ0v) is 21.3. The predicted octanol–water partition coefficient (Wildman–Crippen LogP) is 3.23. The minimum Gasteiger partial charge on any atom is -0.493 e. The molecule has 8 heteroatoms. The summed E-state index contributed by atoms with van der Waals surface area (Å²) in [7, 11) is 3.06. The Hall–Kier alpha value is -3.39. The molecule has 0 saturated carbocycles. The van der Waals surface area contributed by atoms with E-state index in [1.807, 2.05) is 36.4 Å². The van der Waals surface area contributed by atoms with Crippen LogP contribution in [0.4, 0.5) is 0 Å². The molecule has 0 unspecified atom stereocenters. The number of fused-ring (bicyclic) bond motifs is 1. The quantitative estimate of drug-likeness (QED) is 0.430. The minimum atomic E-state index is -1.02. The highest BCUT2D eigenvalue weighted by atomic mass is 16.5. The highest BCUT2D eigenvalue weighted by Crippen LogP contribution is 2.38. The highest BCUT2D eigenvalue weighted by Gasteiger charge is 2.40. The number of nitrogens with one attached hydrogen (secondary N) is 1. The van der Waals surface area contributed by atoms with E-state index in [1.54, 1.807) is 19.9 Å². The SMILES string of the molecule is CCOC(=O)[C@H](CCc1ccccc1)N[C@@H](C)C(=O)[C@@H]1Cc2cc(OC)c(OC)cc2C[C@H]1C(=O)O. The molecule has 0 aliphatic heterocycles. The van der Waals surface area contributed by atoms with Crippen LogP contribution in [-0.4, -0.2) is 55.7 Å². The van der Waals surface area contributed by atoms with Crippen LogP contribution in [0.1, 0.15) is 37.0 Å². The summed E-state index contributed by atoms with van der Waals surface area (Å²) in [6, 6.07) is 11.9. The van der Waals surface area contributed by atoms with Crippen LogP contribution in [0.2, 0.25) is 0 Å². The van der Waals surface area contributed by atoms with Gasteiger partial charge in [0.05, 0.1) is 32.8 Å². The third-order valence-electron chi connectivity index (χ3n) is 6.77. The summed E-state index contributed by atoms with van der Waals surface area (Å²) < 4.78 is 16.0. The zero-order valence-electron chi connectivity index (χ0n) is 21.3. The van der Waals surface area contributed by atoms with Crippen LogP contribution >= 0.6 is 0 Å². The topological polar surface area (TPSA) is 111 Å². The number of carbonyl (C=O) groups excluding carboxylic acids is 2. The minimum absolute atomic E-state index is 0.212. The Bertz CT molecular complexity index is 1070. The van der Waals surface area contributed by atoms with Crippen molar-refractivity contribution in [3.05, 3.63) is 59.2 Å². The number of methoxy groups -OCH3 is 2. The van der Waals surface area contributed by atoms with Gasteiger partial charge in [-0.1, -0.05) is 30.3 Å². The van der Waals surface area contributed by atoms with Crippen molar-refractivity contribution in [3.63, 3.8) is 0 Å². The second kappa shape index (κ2) is 12.5. The molecule has 0 radical (unpaired) electrons. The molecule has 3 rings (SSSR count). The molecule has 0 bridgehead atoms. The lowest BCUT2D eigenvalue weighted by Crippen LogP contribution is -2.50. The van der Waals surface area contributed by atoms with Gasteiger partial charge < -0.3 is 19.3 Å². The maximum atomic E-state index is 13.6. The van der Waals surface area contributed by atoms with Crippen molar-refractivity contribution in [3.8, 4) is 11.5 Å². The fourth-order valence-corrected chi connectivity index (χ4v) is 4.83. The van der Waals surface area contributed by atoms with Crippen molar-refractivity contribution in [2.45, 2.75) is 51.6 Å². The molecule has 2 aromatic rings. The van der Waals surface area contributed by atoms with E-state index >= 15 is 0 Å². The Kier molecular flexibility index (Phi) is 9.47. The fourth-order valence-electron chi connectivity index (χ4n) is 4.83. The lowest BCUT2D eigenvalue weighted by Gasteiger charge is -2.32. The van der Waals surface area contributed by atoms with Crippen molar-refractivity contribution < 1.29 is 33.7 Å². The number of ether oxygens (including phenoxy) is 3. The van der Waals surface area contributed by atoms with Gasteiger partial charge in [-0.2, -0.15) is 0 Å². The molecule has 8 nitrogen and oxygen atoms in total. The summed E-state index contributed by atoms with van der Waals surface area (Å²) in [5.74, 6) is -2.25. The van der Waals surface area contributed by atoms with E-state index in [0.717, 1.165) is 16.7 Å². The lowest BCUT2D eigenvalue weighted by atomic mass is 9.72. The normalized spacial score (nSPS) is 18.4. The summed E-state index contributed by atoms with van der Waals surface area (Å²) in [6.07, 6.45) is 1.57. The Morgan fingerprint density at radius 2 is 1.58 bits per heavy atom. The first-order chi connectivity index (χ1) is 17.3. The number of carbonyl (C=O) groups is 3. The number of aryl methyl sites for hydroxylation is 1. The molecular weight excluding hydrogens is 462 g/mol. The third kappa shape index (κ3) is 6.43. The van der Waals surface area contributed by atoms with Gasteiger partial charge in [0.2, 0.25) is 0 Å². The summed E-state index contributed by atoms with van der Waals surface area (Å²) in [5, 5.41) is 13.1. The molecule has 1 aliphatic carbocycles. The average Bonchev–Trinajstić information content (AvgIpc) is 2.89. The Morgan fingerprint density at radius 1 is 1.00 bits per heavy atom. The maximum Gasteiger partial charge on any atom is 0.323 e. The molecule has 4 atom stereocenters. The summed E-state index contributed by atoms with van der Waals surface area (Å²) >= 11 is 0. The molecule has 0 saturated heterocycles. The molecule has 1 aliphatic rings. The maximum absolute atomic E-state index is 13.6. The molecule has 194 valence electrons. The number of Topliss-reactive ketones (excluding diaryl/α,β-unsaturated/α-hetero) is 1. The Balaban J connectivity index is 1.79. The highest BCUT2D eigenvalue weighted by molar-refractivity contribution is 5.91.